The minimum atomic E-state index is -3.93. The maximum absolute atomic E-state index is 12.7. The van der Waals surface area contributed by atoms with Crippen LogP contribution in [0.15, 0.2) is 59.6 Å². The van der Waals surface area contributed by atoms with E-state index in [-0.39, 0.29) is 4.90 Å². The Kier molecular flexibility index (Phi) is 5.26. The van der Waals surface area contributed by atoms with E-state index in [2.05, 4.69) is 9.71 Å². The predicted molar refractivity (Wildman–Crippen MR) is 103 cm³/mol. The van der Waals surface area contributed by atoms with Crippen molar-refractivity contribution in [3.63, 3.8) is 0 Å². The number of hydrogen-bond donors (Lipinski definition) is 2. The van der Waals surface area contributed by atoms with Crippen LogP contribution < -0.4 is 4.72 Å². The number of alkyl halides is 3. The molecule has 3 rings (SSSR count). The maximum Gasteiger partial charge on any atom is 0.241 e. The van der Waals surface area contributed by atoms with Crippen LogP contribution in [0.25, 0.3) is 10.9 Å². The van der Waals surface area contributed by atoms with E-state index in [1.54, 1.807) is 6.20 Å². The second-order valence-electron chi connectivity index (χ2n) is 5.34. The van der Waals surface area contributed by atoms with Gasteiger partial charge in [0.1, 0.15) is 0 Å². The molecule has 0 aliphatic rings. The van der Waals surface area contributed by atoms with Gasteiger partial charge in [-0.1, -0.05) is 64.6 Å². The van der Waals surface area contributed by atoms with Crippen LogP contribution in [0.3, 0.4) is 0 Å². The van der Waals surface area contributed by atoms with Crippen molar-refractivity contribution in [3.05, 3.63) is 65.3 Å². The number of rotatable bonds is 4. The number of benzene rings is 2. The van der Waals surface area contributed by atoms with Gasteiger partial charge in [0, 0.05) is 22.1 Å². The lowest BCUT2D eigenvalue weighted by Gasteiger charge is -2.25. The molecule has 1 aromatic heterocycles. The molecule has 4 nitrogen and oxygen atoms in total. The van der Waals surface area contributed by atoms with Crippen molar-refractivity contribution in [2.75, 3.05) is 0 Å². The Hall–Kier alpha value is -0.950. The number of aromatic nitrogens is 1. The number of sulfonamides is 1. The topological polar surface area (TPSA) is 62.0 Å². The second kappa shape index (κ2) is 6.99. The van der Waals surface area contributed by atoms with Gasteiger partial charge in [-0.05, 0) is 35.9 Å². The van der Waals surface area contributed by atoms with Crippen LogP contribution in [0.5, 0.6) is 0 Å². The number of hydrogen-bond acceptors (Lipinski definition) is 2. The second-order valence-corrected chi connectivity index (χ2v) is 9.86. The van der Waals surface area contributed by atoms with Gasteiger partial charge in [0.05, 0.1) is 10.9 Å². The Morgan fingerprint density at radius 2 is 1.64 bits per heavy atom. The number of aromatic amines is 1. The molecule has 2 aromatic carbocycles. The van der Waals surface area contributed by atoms with E-state index in [9.17, 15) is 8.42 Å². The molecule has 0 aliphatic heterocycles. The van der Waals surface area contributed by atoms with Crippen LogP contribution in [0, 0.1) is 0 Å². The zero-order chi connectivity index (χ0) is 18.2. The normalized spacial score (nSPS) is 13.9. The summed E-state index contributed by atoms with van der Waals surface area (Å²) < 4.78 is 26.0. The SMILES string of the molecule is O=S(=O)(NC(c1c[nH]c2ccccc12)C(Cl)(Cl)Cl)c1ccc(Cl)cc1. The predicted octanol–water partition coefficient (Wildman–Crippen LogP) is 5.21. The molecule has 1 heterocycles. The Bertz CT molecular complexity index is 995. The monoisotopic (exact) mass is 436 g/mol. The van der Waals surface area contributed by atoms with Crippen molar-refractivity contribution in [2.24, 2.45) is 0 Å². The van der Waals surface area contributed by atoms with Gasteiger partial charge in [-0.25, -0.2) is 8.42 Å². The summed E-state index contributed by atoms with van der Waals surface area (Å²) in [6, 6.07) is 12.0. The molecule has 3 aromatic rings. The van der Waals surface area contributed by atoms with E-state index in [1.165, 1.54) is 24.3 Å². The van der Waals surface area contributed by atoms with Gasteiger partial charge in [0.15, 0.2) is 0 Å². The molecule has 0 saturated carbocycles. The highest BCUT2D eigenvalue weighted by Gasteiger charge is 2.38. The van der Waals surface area contributed by atoms with E-state index in [1.807, 2.05) is 24.3 Å². The van der Waals surface area contributed by atoms with Crippen molar-refractivity contribution in [1.82, 2.24) is 9.71 Å². The molecule has 1 unspecified atom stereocenters. The van der Waals surface area contributed by atoms with E-state index < -0.39 is 19.9 Å². The molecule has 2 N–H and O–H groups in total. The van der Waals surface area contributed by atoms with Crippen molar-refractivity contribution >= 4 is 67.3 Å². The van der Waals surface area contributed by atoms with Gasteiger partial charge < -0.3 is 4.98 Å². The van der Waals surface area contributed by atoms with Crippen LogP contribution in [-0.4, -0.2) is 17.2 Å². The first-order valence-corrected chi connectivity index (χ1v) is 10.1. The van der Waals surface area contributed by atoms with Gasteiger partial charge in [-0.3, -0.25) is 0 Å². The highest BCUT2D eigenvalue weighted by Crippen LogP contribution is 2.42. The molecule has 0 fully saturated rings. The third-order valence-electron chi connectivity index (χ3n) is 3.66. The highest BCUT2D eigenvalue weighted by molar-refractivity contribution is 7.89. The molecule has 9 heteroatoms. The average Bonchev–Trinajstić information content (AvgIpc) is 2.96. The van der Waals surface area contributed by atoms with Crippen LogP contribution in [0.4, 0.5) is 0 Å². The molecule has 25 heavy (non-hydrogen) atoms. The summed E-state index contributed by atoms with van der Waals surface area (Å²) in [5.41, 5.74) is 1.34. The minimum absolute atomic E-state index is 0.0241. The van der Waals surface area contributed by atoms with Crippen LogP contribution in [0.2, 0.25) is 5.02 Å². The molecule has 0 aliphatic carbocycles. The lowest BCUT2D eigenvalue weighted by Crippen LogP contribution is -2.36. The molecule has 0 amide bonds. The van der Waals surface area contributed by atoms with Gasteiger partial charge in [-0.15, -0.1) is 0 Å². The van der Waals surface area contributed by atoms with Crippen molar-refractivity contribution < 1.29 is 8.42 Å². The lowest BCUT2D eigenvalue weighted by molar-refractivity contribution is 0.559. The standard InChI is InChI=1S/C16H12Cl4N2O2S/c17-10-5-7-11(8-6-10)25(23,24)22-15(16(18,19)20)13-9-21-14-4-2-1-3-12(13)14/h1-9,15,21-22H. The number of H-pyrrole nitrogens is 1. The van der Waals surface area contributed by atoms with E-state index in [4.69, 9.17) is 46.4 Å². The number of nitrogens with one attached hydrogen (secondary N) is 2. The fourth-order valence-corrected chi connectivity index (χ4v) is 4.56. The van der Waals surface area contributed by atoms with Gasteiger partial charge in [-0.2, -0.15) is 4.72 Å². The van der Waals surface area contributed by atoms with E-state index in [0.29, 0.717) is 10.6 Å². The molecule has 0 radical (unpaired) electrons. The Balaban J connectivity index is 2.04. The van der Waals surface area contributed by atoms with Gasteiger partial charge in [0.2, 0.25) is 13.8 Å². The number of para-hydroxylation sites is 1. The Labute approximate surface area is 165 Å². The highest BCUT2D eigenvalue weighted by atomic mass is 35.6. The van der Waals surface area contributed by atoms with Crippen molar-refractivity contribution in [1.29, 1.82) is 0 Å². The Morgan fingerprint density at radius 1 is 1.00 bits per heavy atom. The summed E-state index contributed by atoms with van der Waals surface area (Å²) in [4.78, 5) is 3.07. The third kappa shape index (κ3) is 4.08. The molecule has 0 bridgehead atoms. The first-order chi connectivity index (χ1) is 11.7. The molecule has 1 atom stereocenters. The molecule has 132 valence electrons. The molecule has 0 spiro atoms. The number of fused-ring (bicyclic) bond motifs is 1. The van der Waals surface area contributed by atoms with Gasteiger partial charge in [0.25, 0.3) is 0 Å². The number of halogens is 4. The smallest absolute Gasteiger partial charge is 0.241 e. The third-order valence-corrected chi connectivity index (χ3v) is 6.00. The maximum atomic E-state index is 12.7. The summed E-state index contributed by atoms with van der Waals surface area (Å²) in [7, 11) is -3.93. The first kappa shape index (κ1) is 18.8. The fourth-order valence-electron chi connectivity index (χ4n) is 2.48. The van der Waals surface area contributed by atoms with Crippen molar-refractivity contribution in [3.8, 4) is 0 Å². The van der Waals surface area contributed by atoms with Crippen LogP contribution in [-0.2, 0) is 10.0 Å². The quantitative estimate of drug-likeness (QED) is 0.550. The largest absolute Gasteiger partial charge is 0.361 e. The van der Waals surface area contributed by atoms with Gasteiger partial charge >= 0.3 is 0 Å². The zero-order valence-electron chi connectivity index (χ0n) is 12.5. The average molecular weight is 438 g/mol. The fraction of sp³-hybridized carbons (Fsp3) is 0.125. The molecule has 0 saturated heterocycles. The summed E-state index contributed by atoms with van der Waals surface area (Å²) in [5, 5.41) is 1.19. The van der Waals surface area contributed by atoms with E-state index in [0.717, 1.165) is 10.9 Å². The summed E-state index contributed by atoms with van der Waals surface area (Å²) in [5.74, 6) is 0. The van der Waals surface area contributed by atoms with Crippen molar-refractivity contribution in [2.45, 2.75) is 14.7 Å². The van der Waals surface area contributed by atoms with Crippen LogP contribution >= 0.6 is 46.4 Å². The lowest BCUT2D eigenvalue weighted by atomic mass is 10.1. The molecular formula is C16H12Cl4N2O2S. The van der Waals surface area contributed by atoms with Crippen LogP contribution in [0.1, 0.15) is 11.6 Å². The van der Waals surface area contributed by atoms with E-state index >= 15 is 0 Å². The summed E-state index contributed by atoms with van der Waals surface area (Å²) in [6.45, 7) is 0. The zero-order valence-corrected chi connectivity index (χ0v) is 16.4. The Morgan fingerprint density at radius 3 is 2.28 bits per heavy atom. The summed E-state index contributed by atoms with van der Waals surface area (Å²) in [6.07, 6.45) is 1.63. The molecular weight excluding hydrogens is 426 g/mol. The summed E-state index contributed by atoms with van der Waals surface area (Å²) >= 11 is 24.0. The minimum Gasteiger partial charge on any atom is -0.361 e. The first-order valence-electron chi connectivity index (χ1n) is 7.09.